The van der Waals surface area contributed by atoms with Crippen LogP contribution >= 0.6 is 0 Å². The predicted octanol–water partition coefficient (Wildman–Crippen LogP) is 1.44. The molecule has 0 saturated heterocycles. The fourth-order valence-corrected chi connectivity index (χ4v) is 2.18. The second-order valence-electron chi connectivity index (χ2n) is 5.07. The summed E-state index contributed by atoms with van der Waals surface area (Å²) in [5, 5.41) is 11.7. The molecule has 0 heterocycles. The molecule has 0 saturated carbocycles. The molecule has 120 valence electrons. The number of carbonyl (C=O) groups excluding carboxylic acids is 2. The third-order valence-corrected chi connectivity index (χ3v) is 3.38. The van der Waals surface area contributed by atoms with Crippen LogP contribution in [-0.2, 0) is 11.3 Å². The lowest BCUT2D eigenvalue weighted by molar-refractivity contribution is -0.131. The van der Waals surface area contributed by atoms with Gasteiger partial charge in [-0.15, -0.1) is 0 Å². The molecule has 0 fully saturated rings. The number of carbonyl (C=O) groups is 2. The summed E-state index contributed by atoms with van der Waals surface area (Å²) >= 11 is 0. The average molecular weight is 312 g/mol. The summed E-state index contributed by atoms with van der Waals surface area (Å²) in [7, 11) is 0. The first-order valence-corrected chi connectivity index (χ1v) is 7.46. The van der Waals surface area contributed by atoms with Gasteiger partial charge in [0.25, 0.3) is 5.91 Å². The Bertz CT molecular complexity index is 629. The van der Waals surface area contributed by atoms with Crippen molar-refractivity contribution in [2.75, 3.05) is 19.7 Å². The van der Waals surface area contributed by atoms with E-state index in [1.54, 1.807) is 24.3 Å². The lowest BCUT2D eigenvalue weighted by Gasteiger charge is -2.22. The van der Waals surface area contributed by atoms with Gasteiger partial charge in [0.1, 0.15) is 0 Å². The summed E-state index contributed by atoms with van der Waals surface area (Å²) in [6.07, 6.45) is 0. The molecule has 5 nitrogen and oxygen atoms in total. The minimum atomic E-state index is -0.289. The quantitative estimate of drug-likeness (QED) is 0.813. The maximum Gasteiger partial charge on any atom is 0.251 e. The molecule has 2 aromatic carbocycles. The van der Waals surface area contributed by atoms with Gasteiger partial charge in [0.05, 0.1) is 13.2 Å². The number of nitrogens with one attached hydrogen (secondary N) is 1. The average Bonchev–Trinajstić information content (AvgIpc) is 2.60. The predicted molar refractivity (Wildman–Crippen MR) is 87.7 cm³/mol. The van der Waals surface area contributed by atoms with Gasteiger partial charge in [-0.3, -0.25) is 9.59 Å². The van der Waals surface area contributed by atoms with Crippen molar-refractivity contribution in [3.8, 4) is 0 Å². The first-order valence-electron chi connectivity index (χ1n) is 7.46. The molecule has 0 radical (unpaired) electrons. The van der Waals surface area contributed by atoms with Crippen LogP contribution in [0.5, 0.6) is 0 Å². The summed E-state index contributed by atoms with van der Waals surface area (Å²) in [5.41, 5.74) is 1.49. The fourth-order valence-electron chi connectivity index (χ4n) is 2.18. The summed E-state index contributed by atoms with van der Waals surface area (Å²) in [6.45, 7) is 0.419. The van der Waals surface area contributed by atoms with Crippen LogP contribution in [0.4, 0.5) is 0 Å². The Morgan fingerprint density at radius 1 is 0.957 bits per heavy atom. The lowest BCUT2D eigenvalue weighted by atomic mass is 10.2. The molecule has 2 N–H and O–H groups in total. The number of aliphatic hydroxyl groups excluding tert-OH is 1. The summed E-state index contributed by atoms with van der Waals surface area (Å²) < 4.78 is 0. The number of rotatable bonds is 7. The molecule has 23 heavy (non-hydrogen) atoms. The largest absolute Gasteiger partial charge is 0.395 e. The summed E-state index contributed by atoms with van der Waals surface area (Å²) in [4.78, 5) is 25.8. The van der Waals surface area contributed by atoms with Crippen molar-refractivity contribution < 1.29 is 14.7 Å². The zero-order chi connectivity index (χ0) is 16.5. The van der Waals surface area contributed by atoms with E-state index >= 15 is 0 Å². The molecule has 0 bridgehead atoms. The Kier molecular flexibility index (Phi) is 6.32. The van der Waals surface area contributed by atoms with Crippen molar-refractivity contribution in [3.63, 3.8) is 0 Å². The van der Waals surface area contributed by atoms with Gasteiger partial charge >= 0.3 is 0 Å². The van der Waals surface area contributed by atoms with Gasteiger partial charge in [-0.05, 0) is 17.7 Å². The normalized spacial score (nSPS) is 10.1. The van der Waals surface area contributed by atoms with Gasteiger partial charge in [-0.25, -0.2) is 0 Å². The standard InChI is InChI=1S/C18H20N2O3/c21-12-11-20(14-15-7-3-1-4-8-15)17(22)13-19-18(23)16-9-5-2-6-10-16/h1-10,21H,11-14H2,(H,19,23). The maximum atomic E-state index is 12.3. The van der Waals surface area contributed by atoms with Gasteiger partial charge in [0, 0.05) is 18.7 Å². The Hall–Kier alpha value is -2.66. The Balaban J connectivity index is 1.92. The number of nitrogens with zero attached hydrogens (tertiary/aromatic N) is 1. The van der Waals surface area contributed by atoms with Crippen LogP contribution in [0.1, 0.15) is 15.9 Å². The van der Waals surface area contributed by atoms with Crippen molar-refractivity contribution in [1.82, 2.24) is 10.2 Å². The Labute approximate surface area is 135 Å². The molecular formula is C18H20N2O3. The molecule has 2 aromatic rings. The molecule has 2 amide bonds. The van der Waals surface area contributed by atoms with E-state index in [9.17, 15) is 9.59 Å². The third-order valence-electron chi connectivity index (χ3n) is 3.38. The van der Waals surface area contributed by atoms with Crippen molar-refractivity contribution >= 4 is 11.8 Å². The number of amides is 2. The summed E-state index contributed by atoms with van der Waals surface area (Å²) in [5.74, 6) is -0.519. The van der Waals surface area contributed by atoms with Gasteiger partial charge in [0.15, 0.2) is 0 Å². The zero-order valence-corrected chi connectivity index (χ0v) is 12.8. The molecule has 0 unspecified atom stereocenters. The van der Waals surface area contributed by atoms with Gasteiger partial charge < -0.3 is 15.3 Å². The molecule has 0 atom stereocenters. The van der Waals surface area contributed by atoms with E-state index in [0.717, 1.165) is 5.56 Å². The molecular weight excluding hydrogens is 292 g/mol. The van der Waals surface area contributed by atoms with Crippen molar-refractivity contribution in [1.29, 1.82) is 0 Å². The van der Waals surface area contributed by atoms with E-state index in [1.165, 1.54) is 4.90 Å². The van der Waals surface area contributed by atoms with E-state index in [4.69, 9.17) is 5.11 Å². The number of hydrogen-bond acceptors (Lipinski definition) is 3. The van der Waals surface area contributed by atoms with Crippen molar-refractivity contribution in [2.45, 2.75) is 6.54 Å². The van der Waals surface area contributed by atoms with Gasteiger partial charge in [-0.1, -0.05) is 48.5 Å². The monoisotopic (exact) mass is 312 g/mol. The fraction of sp³-hybridized carbons (Fsp3) is 0.222. The van der Waals surface area contributed by atoms with Crippen LogP contribution in [0.15, 0.2) is 60.7 Å². The smallest absolute Gasteiger partial charge is 0.251 e. The summed E-state index contributed by atoms with van der Waals surface area (Å²) in [6, 6.07) is 18.3. The minimum Gasteiger partial charge on any atom is -0.395 e. The molecule has 0 aliphatic rings. The van der Waals surface area contributed by atoms with E-state index in [0.29, 0.717) is 12.1 Å². The lowest BCUT2D eigenvalue weighted by Crippen LogP contribution is -2.41. The van der Waals surface area contributed by atoms with E-state index in [2.05, 4.69) is 5.32 Å². The highest BCUT2D eigenvalue weighted by Crippen LogP contribution is 2.04. The van der Waals surface area contributed by atoms with Crippen molar-refractivity contribution in [3.05, 3.63) is 71.8 Å². The van der Waals surface area contributed by atoms with Crippen LogP contribution in [0, 0.1) is 0 Å². The highest BCUT2D eigenvalue weighted by Gasteiger charge is 2.15. The third kappa shape index (κ3) is 5.23. The van der Waals surface area contributed by atoms with Crippen LogP contribution < -0.4 is 5.32 Å². The Morgan fingerprint density at radius 2 is 1.57 bits per heavy atom. The van der Waals surface area contributed by atoms with Gasteiger partial charge in [-0.2, -0.15) is 0 Å². The molecule has 0 aliphatic carbocycles. The highest BCUT2D eigenvalue weighted by atomic mass is 16.3. The number of hydrogen-bond donors (Lipinski definition) is 2. The number of benzene rings is 2. The van der Waals surface area contributed by atoms with Gasteiger partial charge in [0.2, 0.25) is 5.91 Å². The molecule has 5 heteroatoms. The maximum absolute atomic E-state index is 12.3. The molecule has 2 rings (SSSR count). The molecule has 0 spiro atoms. The minimum absolute atomic E-state index is 0.0967. The van der Waals surface area contributed by atoms with E-state index in [-0.39, 0.29) is 31.5 Å². The van der Waals surface area contributed by atoms with Crippen LogP contribution in [-0.4, -0.2) is 41.5 Å². The highest BCUT2D eigenvalue weighted by molar-refractivity contribution is 5.96. The second-order valence-corrected chi connectivity index (χ2v) is 5.07. The second kappa shape index (κ2) is 8.70. The van der Waals surface area contributed by atoms with Crippen LogP contribution in [0.25, 0.3) is 0 Å². The van der Waals surface area contributed by atoms with E-state index in [1.807, 2.05) is 36.4 Å². The number of aliphatic hydroxyl groups is 1. The van der Waals surface area contributed by atoms with Crippen LogP contribution in [0.2, 0.25) is 0 Å². The topological polar surface area (TPSA) is 69.6 Å². The first kappa shape index (κ1) is 16.7. The Morgan fingerprint density at radius 3 is 2.17 bits per heavy atom. The van der Waals surface area contributed by atoms with E-state index < -0.39 is 0 Å². The molecule has 0 aliphatic heterocycles. The molecule has 0 aromatic heterocycles. The zero-order valence-electron chi connectivity index (χ0n) is 12.8. The van der Waals surface area contributed by atoms with Crippen LogP contribution in [0.3, 0.4) is 0 Å². The first-order chi connectivity index (χ1) is 11.2. The SMILES string of the molecule is O=C(NCC(=O)N(CCO)Cc1ccccc1)c1ccccc1. The van der Waals surface area contributed by atoms with Crippen molar-refractivity contribution in [2.24, 2.45) is 0 Å².